The molecule has 384 valence electrons. The molecule has 0 aromatic heterocycles. The van der Waals surface area contributed by atoms with Gasteiger partial charge in [0.15, 0.2) is 11.6 Å². The third kappa shape index (κ3) is 34.1. The molecule has 2 N–H and O–H groups in total. The van der Waals surface area contributed by atoms with E-state index < -0.39 is 10.8 Å². The second-order valence-electron chi connectivity index (χ2n) is 22.0. The van der Waals surface area contributed by atoms with E-state index in [0.29, 0.717) is 49.7 Å². The molecule has 6 nitrogen and oxygen atoms in total. The van der Waals surface area contributed by atoms with Gasteiger partial charge >= 0.3 is 0 Å². The lowest BCUT2D eigenvalue weighted by atomic mass is 9.70. The predicted molar refractivity (Wildman–Crippen MR) is 285 cm³/mol. The van der Waals surface area contributed by atoms with E-state index in [2.05, 4.69) is 24.5 Å². The monoisotopic (exact) mass is 923 g/mol. The lowest BCUT2D eigenvalue weighted by Gasteiger charge is -2.32. The van der Waals surface area contributed by atoms with Crippen molar-refractivity contribution in [3.05, 3.63) is 23.3 Å². The summed E-state index contributed by atoms with van der Waals surface area (Å²) in [6.07, 6.45) is 55.3. The Labute approximate surface area is 410 Å². The number of amides is 2. The first-order chi connectivity index (χ1) is 31.9. The summed E-state index contributed by atoms with van der Waals surface area (Å²) in [5, 5.41) is 6.18. The molecule has 0 spiro atoms. The second kappa shape index (κ2) is 41.7. The molecule has 66 heavy (non-hydrogen) atoms. The molecule has 0 aromatic carbocycles. The van der Waals surface area contributed by atoms with Gasteiger partial charge in [0, 0.05) is 37.1 Å². The van der Waals surface area contributed by atoms with Gasteiger partial charge in [-0.1, -0.05) is 260 Å². The molecule has 0 fully saturated rings. The normalized spacial score (nSPS) is 13.3. The largest absolute Gasteiger partial charge is 0.356 e. The maximum Gasteiger partial charge on any atom is 0.219 e. The Kier molecular flexibility index (Phi) is 39.0. The number of rotatable bonds is 48. The fourth-order valence-electron chi connectivity index (χ4n) is 9.95. The number of nitrogens with one attached hydrogen (secondary N) is 2. The van der Waals surface area contributed by atoms with Crippen LogP contribution in [-0.4, -0.2) is 36.5 Å². The standard InChI is InChI=1S/C60H110N2O4/c1-7-9-11-13-15-17-19-21-23-25-27-29-31-33-35-37-39-41-49-61-57(65)45-43-47-59(3,4)53-51-56(64)54(52-55(53)63)60(5,6)48-44-46-58(66)62-50-42-40-38-36-34-32-30-28-26-24-22-20-18-16-14-12-10-8-2/h51-52H,7-50H2,1-6H3,(H,61,65)(H,62,66). The van der Waals surface area contributed by atoms with Crippen LogP contribution in [0.15, 0.2) is 23.3 Å². The van der Waals surface area contributed by atoms with Crippen molar-refractivity contribution in [2.75, 3.05) is 13.1 Å². The number of allylic oxidation sites excluding steroid dienone is 4. The van der Waals surface area contributed by atoms with Gasteiger partial charge in [-0.2, -0.15) is 0 Å². The zero-order valence-electron chi connectivity index (χ0n) is 44.9. The highest BCUT2D eigenvalue weighted by molar-refractivity contribution is 6.20. The molecule has 1 aliphatic carbocycles. The van der Waals surface area contributed by atoms with E-state index in [1.165, 1.54) is 205 Å². The second-order valence-corrected chi connectivity index (χ2v) is 22.0. The van der Waals surface area contributed by atoms with Crippen molar-refractivity contribution in [2.24, 2.45) is 10.8 Å². The summed E-state index contributed by atoms with van der Waals surface area (Å²) in [5.74, 6) is -0.0754. The maximum atomic E-state index is 13.4. The van der Waals surface area contributed by atoms with Crippen molar-refractivity contribution >= 4 is 23.4 Å². The Hall–Kier alpha value is -2.24. The van der Waals surface area contributed by atoms with Gasteiger partial charge in [0.25, 0.3) is 0 Å². The summed E-state index contributed by atoms with van der Waals surface area (Å²) in [6, 6.07) is 0. The van der Waals surface area contributed by atoms with E-state index in [1.54, 1.807) is 12.2 Å². The van der Waals surface area contributed by atoms with E-state index in [-0.39, 0.29) is 23.4 Å². The Bertz CT molecular complexity index is 1200. The number of carbonyl (C=O) groups excluding carboxylic acids is 4. The Morgan fingerprint density at radius 3 is 0.788 bits per heavy atom. The van der Waals surface area contributed by atoms with Crippen LogP contribution in [0.2, 0.25) is 0 Å². The SMILES string of the molecule is CCCCCCCCCCCCCCCCCCCCNC(=O)CCCC(C)(C)C1=CC(=O)C(C(C)(C)CCCC(=O)NCCCCCCCCCCCCCCCCCCCC)=CC1=O. The highest BCUT2D eigenvalue weighted by Crippen LogP contribution is 2.40. The van der Waals surface area contributed by atoms with Gasteiger partial charge in [0.2, 0.25) is 11.8 Å². The third-order valence-electron chi connectivity index (χ3n) is 14.7. The molecule has 0 radical (unpaired) electrons. The molecule has 6 heteroatoms. The Morgan fingerprint density at radius 1 is 0.348 bits per heavy atom. The minimum atomic E-state index is -0.503. The third-order valence-corrected chi connectivity index (χ3v) is 14.7. The van der Waals surface area contributed by atoms with Crippen LogP contribution in [0, 0.1) is 10.8 Å². The van der Waals surface area contributed by atoms with Crippen molar-refractivity contribution in [3.63, 3.8) is 0 Å². The minimum absolute atomic E-state index is 0.0704. The van der Waals surface area contributed by atoms with Crippen LogP contribution in [0.1, 0.15) is 311 Å². The first-order valence-corrected chi connectivity index (χ1v) is 29.0. The summed E-state index contributed by atoms with van der Waals surface area (Å²) < 4.78 is 0. The van der Waals surface area contributed by atoms with Gasteiger partial charge in [-0.05, 0) is 61.5 Å². The van der Waals surface area contributed by atoms with Gasteiger partial charge in [0.1, 0.15) is 0 Å². The highest BCUT2D eigenvalue weighted by Gasteiger charge is 2.36. The summed E-state index contributed by atoms with van der Waals surface area (Å²) in [7, 11) is 0. The van der Waals surface area contributed by atoms with Gasteiger partial charge < -0.3 is 10.6 Å². The van der Waals surface area contributed by atoms with Crippen molar-refractivity contribution in [2.45, 2.75) is 311 Å². The van der Waals surface area contributed by atoms with Gasteiger partial charge in [-0.15, -0.1) is 0 Å². The zero-order chi connectivity index (χ0) is 48.4. The summed E-state index contributed by atoms with van der Waals surface area (Å²) >= 11 is 0. The van der Waals surface area contributed by atoms with Crippen LogP contribution in [0.25, 0.3) is 0 Å². The van der Waals surface area contributed by atoms with E-state index in [4.69, 9.17) is 0 Å². The fraction of sp³-hybridized carbons (Fsp3) is 0.867. The molecule has 0 saturated carbocycles. The lowest BCUT2D eigenvalue weighted by Crippen LogP contribution is -2.30. The van der Waals surface area contributed by atoms with Crippen LogP contribution in [-0.2, 0) is 19.2 Å². The van der Waals surface area contributed by atoms with E-state index >= 15 is 0 Å². The summed E-state index contributed by atoms with van der Waals surface area (Å²) in [6.45, 7) is 14.0. The number of hydrogen-bond donors (Lipinski definition) is 2. The molecule has 0 bridgehead atoms. The van der Waals surface area contributed by atoms with Gasteiger partial charge in [0.05, 0.1) is 0 Å². The highest BCUT2D eigenvalue weighted by atomic mass is 16.2. The minimum Gasteiger partial charge on any atom is -0.356 e. The maximum absolute atomic E-state index is 13.4. The first kappa shape index (κ1) is 61.8. The summed E-state index contributed by atoms with van der Waals surface area (Å²) in [5.41, 5.74) is 0.0582. The Morgan fingerprint density at radius 2 is 0.561 bits per heavy atom. The quantitative estimate of drug-likeness (QED) is 0.0470. The molecule has 0 unspecified atom stereocenters. The molecular weight excluding hydrogens is 813 g/mol. The Balaban J connectivity index is 2.09. The van der Waals surface area contributed by atoms with Crippen LogP contribution in [0.4, 0.5) is 0 Å². The molecule has 0 aliphatic heterocycles. The average Bonchev–Trinajstić information content (AvgIpc) is 3.28. The fourth-order valence-corrected chi connectivity index (χ4v) is 9.95. The smallest absolute Gasteiger partial charge is 0.219 e. The van der Waals surface area contributed by atoms with Crippen molar-refractivity contribution in [3.8, 4) is 0 Å². The number of carbonyl (C=O) groups is 4. The van der Waals surface area contributed by atoms with Crippen molar-refractivity contribution in [1.82, 2.24) is 10.6 Å². The molecule has 0 aromatic rings. The number of hydrogen-bond acceptors (Lipinski definition) is 4. The lowest BCUT2D eigenvalue weighted by molar-refractivity contribution is -0.122. The van der Waals surface area contributed by atoms with Gasteiger partial charge in [-0.3, -0.25) is 19.2 Å². The molecule has 1 rings (SSSR count). The van der Waals surface area contributed by atoms with E-state index in [0.717, 1.165) is 38.8 Å². The molecular formula is C60H110N2O4. The van der Waals surface area contributed by atoms with Crippen LogP contribution in [0.3, 0.4) is 0 Å². The zero-order valence-corrected chi connectivity index (χ0v) is 44.9. The topological polar surface area (TPSA) is 92.3 Å². The van der Waals surface area contributed by atoms with Gasteiger partial charge in [-0.25, -0.2) is 0 Å². The number of unbranched alkanes of at least 4 members (excludes halogenated alkanes) is 34. The molecule has 2 amide bonds. The summed E-state index contributed by atoms with van der Waals surface area (Å²) in [4.78, 5) is 52.0. The predicted octanol–water partition coefficient (Wildman–Crippen LogP) is 17.7. The van der Waals surface area contributed by atoms with E-state index in [1.807, 2.05) is 27.7 Å². The average molecular weight is 924 g/mol. The van der Waals surface area contributed by atoms with Crippen molar-refractivity contribution < 1.29 is 19.2 Å². The van der Waals surface area contributed by atoms with Crippen LogP contribution in [0.5, 0.6) is 0 Å². The van der Waals surface area contributed by atoms with Crippen LogP contribution < -0.4 is 10.6 Å². The molecule has 0 saturated heterocycles. The molecule has 0 atom stereocenters. The van der Waals surface area contributed by atoms with Crippen LogP contribution >= 0.6 is 0 Å². The van der Waals surface area contributed by atoms with Crippen molar-refractivity contribution in [1.29, 1.82) is 0 Å². The number of ketones is 2. The molecule has 1 aliphatic rings. The molecule has 0 heterocycles. The first-order valence-electron chi connectivity index (χ1n) is 29.0. The van der Waals surface area contributed by atoms with E-state index in [9.17, 15) is 19.2 Å².